The average molecular weight is 244 g/mol. The first-order chi connectivity index (χ1) is 3.06. The van der Waals surface area contributed by atoms with E-state index in [1.165, 1.54) is 0 Å². The highest BCUT2D eigenvalue weighted by Gasteiger charge is 2.08. The molecule has 0 aromatic heterocycles. The number of hydrogen-bond donors (Lipinski definition) is 0. The second kappa shape index (κ2) is 3.05. The van der Waals surface area contributed by atoms with E-state index in [4.69, 9.17) is 0 Å². The molecule has 42 valence electrons. The van der Waals surface area contributed by atoms with E-state index >= 15 is 0 Å². The summed E-state index contributed by atoms with van der Waals surface area (Å²) in [5, 5.41) is 0. The molecule has 0 fully saturated rings. The van der Waals surface area contributed by atoms with Gasteiger partial charge >= 0.3 is 0 Å². The lowest BCUT2D eigenvalue weighted by Crippen LogP contribution is -2.09. The van der Waals surface area contributed by atoms with E-state index in [-0.39, 0.29) is 0 Å². The zero-order valence-electron chi connectivity index (χ0n) is 4.41. The predicted octanol–water partition coefficient (Wildman–Crippen LogP) is 3.03. The van der Waals surface area contributed by atoms with E-state index in [1.54, 1.807) is 0 Å². The van der Waals surface area contributed by atoms with Gasteiger partial charge in [-0.1, -0.05) is 34.7 Å². The summed E-state index contributed by atoms with van der Waals surface area (Å²) in [5.41, 5.74) is 2.16. The highest BCUT2D eigenvalue weighted by molar-refractivity contribution is 9.26. The Morgan fingerprint density at radius 3 is 1.86 bits per heavy atom. The lowest BCUT2D eigenvalue weighted by molar-refractivity contribution is 1.98. The molecule has 0 aliphatic heterocycles. The molecule has 7 heavy (non-hydrogen) atoms. The Kier molecular flexibility index (Phi) is 3.44. The van der Waals surface area contributed by atoms with E-state index < -0.39 is 6.69 Å². The Morgan fingerprint density at radius 2 is 1.86 bits per heavy atom. The minimum atomic E-state index is -1.07. The summed E-state index contributed by atoms with van der Waals surface area (Å²) in [6, 6.07) is 0. The van der Waals surface area contributed by atoms with Crippen molar-refractivity contribution in [2.75, 3.05) is 0 Å². The summed E-state index contributed by atoms with van der Waals surface area (Å²) in [7, 11) is 0. The van der Waals surface area contributed by atoms with Crippen LogP contribution < -0.4 is 0 Å². The van der Waals surface area contributed by atoms with Gasteiger partial charge in [0.1, 0.15) is 6.69 Å². The molecule has 0 spiro atoms. The van der Waals surface area contributed by atoms with Crippen LogP contribution in [-0.4, -0.2) is 6.69 Å². The van der Waals surface area contributed by atoms with Crippen molar-refractivity contribution in [3.8, 4) is 0 Å². The quantitative estimate of drug-likeness (QED) is 0.491. The molecule has 0 atom stereocenters. The van der Waals surface area contributed by atoms with E-state index in [2.05, 4.69) is 50.0 Å². The number of halogens is 2. The maximum atomic E-state index is 3.56. The van der Waals surface area contributed by atoms with Crippen LogP contribution in [-0.2, 0) is 0 Å². The molecule has 0 rings (SSSR count). The van der Waals surface area contributed by atoms with Crippen LogP contribution in [0, 0.1) is 0 Å². The fourth-order valence-corrected chi connectivity index (χ4v) is 3.89. The van der Waals surface area contributed by atoms with Gasteiger partial charge in [0, 0.05) is 0 Å². The average Bonchev–Trinajstić information content (AvgIpc) is 1.30. The van der Waals surface area contributed by atoms with Gasteiger partial charge in [-0.15, -0.1) is 15.3 Å². The van der Waals surface area contributed by atoms with Gasteiger partial charge in [0.2, 0.25) is 0 Å². The van der Waals surface area contributed by atoms with Crippen molar-refractivity contribution in [2.24, 2.45) is 0 Å². The Bertz CT molecular complexity index is 72.2. The molecule has 0 N–H and O–H groups in total. The number of hydrogen-bond acceptors (Lipinski definition) is 0. The molecule has 3 heteroatoms. The molecule has 0 aromatic carbocycles. The standard InChI is InChI=1S/C4H8Br2Si/c1-7(2,6)4-3-5/h3-4H,1-2H3/b4-3+. The van der Waals surface area contributed by atoms with Gasteiger partial charge < -0.3 is 0 Å². The Labute approximate surface area is 61.7 Å². The normalized spacial score (nSPS) is 13.1. The van der Waals surface area contributed by atoms with Crippen LogP contribution in [0.15, 0.2) is 10.7 Å². The zero-order chi connectivity index (χ0) is 5.91. The van der Waals surface area contributed by atoms with Gasteiger partial charge in [-0.2, -0.15) is 0 Å². The molecule has 0 aromatic rings. The van der Waals surface area contributed by atoms with E-state index in [1.807, 2.05) is 4.99 Å². The van der Waals surface area contributed by atoms with Crippen LogP contribution in [0.5, 0.6) is 0 Å². The Balaban J connectivity index is 3.56. The Hall–Kier alpha value is 0.917. The van der Waals surface area contributed by atoms with Crippen molar-refractivity contribution in [2.45, 2.75) is 13.1 Å². The largest absolute Gasteiger partial charge is 0.147 e. The second-order valence-corrected chi connectivity index (χ2v) is 12.0. The van der Waals surface area contributed by atoms with Crippen LogP contribution in [0.1, 0.15) is 0 Å². The van der Waals surface area contributed by atoms with Crippen molar-refractivity contribution < 1.29 is 0 Å². The molecule has 0 radical (unpaired) electrons. The zero-order valence-corrected chi connectivity index (χ0v) is 8.58. The second-order valence-electron chi connectivity index (χ2n) is 1.86. The first-order valence-electron chi connectivity index (χ1n) is 2.03. The van der Waals surface area contributed by atoms with Crippen molar-refractivity contribution in [3.05, 3.63) is 10.7 Å². The lowest BCUT2D eigenvalue weighted by atomic mass is 11.3. The molecule has 0 bridgehead atoms. The van der Waals surface area contributed by atoms with E-state index in [0.717, 1.165) is 0 Å². The topological polar surface area (TPSA) is 0 Å². The number of rotatable bonds is 1. The molecule has 0 saturated heterocycles. The van der Waals surface area contributed by atoms with Gasteiger partial charge in [0.25, 0.3) is 0 Å². The van der Waals surface area contributed by atoms with E-state index in [0.29, 0.717) is 0 Å². The van der Waals surface area contributed by atoms with E-state index in [9.17, 15) is 0 Å². The maximum Gasteiger partial charge on any atom is 0.147 e. The minimum absolute atomic E-state index is 1.07. The highest BCUT2D eigenvalue weighted by atomic mass is 79.9. The van der Waals surface area contributed by atoms with Gasteiger partial charge in [-0.25, -0.2) is 0 Å². The fraction of sp³-hybridized carbons (Fsp3) is 0.500. The van der Waals surface area contributed by atoms with Gasteiger partial charge in [0.05, 0.1) is 0 Å². The molecular formula is C4H8Br2Si. The molecule has 0 nitrogen and oxygen atoms in total. The third kappa shape index (κ3) is 6.92. The summed E-state index contributed by atoms with van der Waals surface area (Å²) in [6.07, 6.45) is 0. The van der Waals surface area contributed by atoms with Crippen molar-refractivity contribution in [3.63, 3.8) is 0 Å². The molecule has 0 aliphatic carbocycles. The maximum absolute atomic E-state index is 3.56. The molecule has 0 heterocycles. The molecule has 0 unspecified atom stereocenters. The summed E-state index contributed by atoms with van der Waals surface area (Å²) in [6.45, 7) is 3.35. The van der Waals surface area contributed by atoms with Gasteiger partial charge in [0.15, 0.2) is 0 Å². The summed E-state index contributed by atoms with van der Waals surface area (Å²) >= 11 is 6.77. The monoisotopic (exact) mass is 242 g/mol. The molecule has 0 saturated carbocycles. The van der Waals surface area contributed by atoms with Crippen LogP contribution in [0.2, 0.25) is 13.1 Å². The first kappa shape index (κ1) is 7.92. The summed E-state index contributed by atoms with van der Waals surface area (Å²) in [4.78, 5) is 1.91. The van der Waals surface area contributed by atoms with Crippen LogP contribution in [0.3, 0.4) is 0 Å². The van der Waals surface area contributed by atoms with Crippen molar-refractivity contribution in [1.29, 1.82) is 0 Å². The van der Waals surface area contributed by atoms with Crippen LogP contribution in [0.4, 0.5) is 0 Å². The van der Waals surface area contributed by atoms with Crippen LogP contribution >= 0.6 is 31.2 Å². The smallest absolute Gasteiger partial charge is 0.121 e. The van der Waals surface area contributed by atoms with Crippen molar-refractivity contribution in [1.82, 2.24) is 0 Å². The van der Waals surface area contributed by atoms with Gasteiger partial charge in [-0.05, 0) is 4.99 Å². The highest BCUT2D eigenvalue weighted by Crippen LogP contribution is 2.12. The first-order valence-corrected chi connectivity index (χ1v) is 8.28. The van der Waals surface area contributed by atoms with Crippen LogP contribution in [0.25, 0.3) is 0 Å². The third-order valence-corrected chi connectivity index (χ3v) is 2.96. The van der Waals surface area contributed by atoms with Crippen molar-refractivity contribution >= 4 is 37.9 Å². The lowest BCUT2D eigenvalue weighted by Gasteiger charge is -2.02. The fourth-order valence-electron chi connectivity index (χ4n) is 0.150. The molecule has 0 amide bonds. The third-order valence-electron chi connectivity index (χ3n) is 0.459. The summed E-state index contributed by atoms with van der Waals surface area (Å²) in [5.74, 6) is 0. The van der Waals surface area contributed by atoms with Gasteiger partial charge in [-0.3, -0.25) is 0 Å². The summed E-state index contributed by atoms with van der Waals surface area (Å²) < 4.78 is 0. The minimum Gasteiger partial charge on any atom is -0.121 e. The molecule has 0 aliphatic rings. The molecular weight excluding hydrogens is 236 g/mol. The SMILES string of the molecule is C[Si](C)(Br)/C=C/Br. The Morgan fingerprint density at radius 1 is 1.43 bits per heavy atom. The predicted molar refractivity (Wildman–Crippen MR) is 44.5 cm³/mol.